The third-order valence-electron chi connectivity index (χ3n) is 2.91. The monoisotopic (exact) mass is 337 g/mol. The van der Waals surface area contributed by atoms with Crippen molar-refractivity contribution in [2.45, 2.75) is 19.3 Å². The first kappa shape index (κ1) is 16.8. The molecule has 0 saturated heterocycles. The molecule has 0 aliphatic heterocycles. The van der Waals surface area contributed by atoms with Gasteiger partial charge in [0, 0.05) is 5.69 Å². The Hall–Kier alpha value is -2.52. The Kier molecular flexibility index (Phi) is 3.87. The van der Waals surface area contributed by atoms with Gasteiger partial charge in [-0.1, -0.05) is 0 Å². The van der Waals surface area contributed by atoms with Gasteiger partial charge in [0.25, 0.3) is 0 Å². The third kappa shape index (κ3) is 3.46. The molecule has 0 atom stereocenters. The number of nitrogens with zero attached hydrogens (tertiary/aromatic N) is 2. The fraction of sp³-hybridized carbons (Fsp3) is 0.231. The Morgan fingerprint density at radius 2 is 1.48 bits per heavy atom. The number of carbonyl (C=O) groups is 1. The normalized spacial score (nSPS) is 12.5. The Bertz CT molecular complexity index is 729. The lowest BCUT2D eigenvalue weighted by Crippen LogP contribution is -2.23. The van der Waals surface area contributed by atoms with Gasteiger partial charge in [0.2, 0.25) is 0 Å². The summed E-state index contributed by atoms with van der Waals surface area (Å²) in [4.78, 5) is 10.7. The molecule has 0 aliphatic rings. The van der Waals surface area contributed by atoms with E-state index in [0.29, 0.717) is 16.8 Å². The molecule has 23 heavy (non-hydrogen) atoms. The molecular weight excluding hydrogens is 330 g/mol. The summed E-state index contributed by atoms with van der Waals surface area (Å²) in [5, 5.41) is 14.1. The molecule has 1 heterocycles. The molecule has 0 amide bonds. The summed E-state index contributed by atoms with van der Waals surface area (Å²) in [6.07, 6.45) is -10.0. The summed E-state index contributed by atoms with van der Waals surface area (Å²) in [7, 11) is 0. The van der Waals surface area contributed by atoms with Crippen LogP contribution in [0.2, 0.25) is 0 Å². The highest BCUT2D eigenvalue weighted by Gasteiger charge is 2.37. The first-order chi connectivity index (χ1) is 10.4. The highest BCUT2D eigenvalue weighted by atomic mass is 19.4. The average molecular weight is 337 g/mol. The Morgan fingerprint density at radius 1 is 1.00 bits per heavy atom. The molecule has 1 aromatic heterocycles. The predicted molar refractivity (Wildman–Crippen MR) is 62.6 cm³/mol. The van der Waals surface area contributed by atoms with Crippen LogP contribution in [0.3, 0.4) is 0 Å². The fourth-order valence-corrected chi connectivity index (χ4v) is 1.90. The van der Waals surface area contributed by atoms with Crippen LogP contribution in [-0.4, -0.2) is 15.7 Å². The third-order valence-corrected chi connectivity index (χ3v) is 2.91. The van der Waals surface area contributed by atoms with Gasteiger partial charge in [0.05, 0.1) is 22.8 Å². The molecular formula is C13H7F6N2O2-. The molecule has 0 radical (unpaired) electrons. The van der Waals surface area contributed by atoms with Gasteiger partial charge in [-0.15, -0.1) is 0 Å². The van der Waals surface area contributed by atoms with E-state index in [1.807, 2.05) is 0 Å². The first-order valence-electron chi connectivity index (χ1n) is 5.97. The highest BCUT2D eigenvalue weighted by molar-refractivity contribution is 5.83. The molecule has 0 spiro atoms. The molecule has 124 valence electrons. The second-order valence-electron chi connectivity index (χ2n) is 4.63. The summed E-state index contributed by atoms with van der Waals surface area (Å²) in [5.74, 6) is -1.70. The summed E-state index contributed by atoms with van der Waals surface area (Å²) < 4.78 is 77.4. The van der Waals surface area contributed by atoms with E-state index in [-0.39, 0.29) is 11.8 Å². The van der Waals surface area contributed by atoms with E-state index in [9.17, 15) is 36.2 Å². The van der Waals surface area contributed by atoms with Gasteiger partial charge in [0.1, 0.15) is 5.69 Å². The maximum absolute atomic E-state index is 12.8. The molecule has 0 bridgehead atoms. The van der Waals surface area contributed by atoms with Crippen LogP contribution in [0.1, 0.15) is 27.3 Å². The highest BCUT2D eigenvalue weighted by Crippen LogP contribution is 2.37. The molecule has 0 saturated carbocycles. The van der Waals surface area contributed by atoms with E-state index in [0.717, 1.165) is 6.07 Å². The van der Waals surface area contributed by atoms with Gasteiger partial charge in [0.15, 0.2) is 0 Å². The number of benzene rings is 1. The standard InChI is InChI=1S/C13H8F6N2O2/c1-6-2-10(11(22)23)20-21(6)9-4-7(12(14,15)16)3-8(5-9)13(17,18)19/h2-5H,1H3,(H,22,23)/p-1. The number of rotatable bonds is 2. The lowest BCUT2D eigenvalue weighted by atomic mass is 10.1. The van der Waals surface area contributed by atoms with Crippen molar-refractivity contribution in [1.82, 2.24) is 9.78 Å². The molecule has 0 fully saturated rings. The van der Waals surface area contributed by atoms with E-state index >= 15 is 0 Å². The number of hydrogen-bond donors (Lipinski definition) is 0. The van der Waals surface area contributed by atoms with Gasteiger partial charge < -0.3 is 9.90 Å². The van der Waals surface area contributed by atoms with Crippen LogP contribution < -0.4 is 5.11 Å². The summed E-state index contributed by atoms with van der Waals surface area (Å²) in [6, 6.07) is 1.85. The van der Waals surface area contributed by atoms with Crippen molar-refractivity contribution < 1.29 is 36.2 Å². The Labute approximate surface area is 125 Å². The maximum Gasteiger partial charge on any atom is 0.416 e. The van der Waals surface area contributed by atoms with Crippen LogP contribution >= 0.6 is 0 Å². The van der Waals surface area contributed by atoms with Crippen LogP contribution in [-0.2, 0) is 12.4 Å². The zero-order valence-electron chi connectivity index (χ0n) is 11.3. The van der Waals surface area contributed by atoms with Crippen molar-refractivity contribution >= 4 is 5.97 Å². The number of alkyl halides is 6. The fourth-order valence-electron chi connectivity index (χ4n) is 1.90. The predicted octanol–water partition coefficient (Wildman–Crippen LogP) is 2.58. The zero-order valence-corrected chi connectivity index (χ0v) is 11.3. The molecule has 2 rings (SSSR count). The van der Waals surface area contributed by atoms with E-state index in [2.05, 4.69) is 5.10 Å². The van der Waals surface area contributed by atoms with Crippen LogP contribution in [0, 0.1) is 6.92 Å². The van der Waals surface area contributed by atoms with Gasteiger partial charge in [-0.05, 0) is 31.2 Å². The summed E-state index contributed by atoms with van der Waals surface area (Å²) >= 11 is 0. The zero-order chi connectivity index (χ0) is 17.6. The molecule has 10 heteroatoms. The quantitative estimate of drug-likeness (QED) is 0.792. The summed E-state index contributed by atoms with van der Waals surface area (Å²) in [6.45, 7) is 1.28. The number of hydrogen-bond acceptors (Lipinski definition) is 3. The lowest BCUT2D eigenvalue weighted by Gasteiger charge is -2.15. The minimum atomic E-state index is -5.01. The average Bonchev–Trinajstić information content (AvgIpc) is 2.78. The number of aromatic carboxylic acids is 1. The number of carboxylic acids is 1. The van der Waals surface area contributed by atoms with Crippen LogP contribution in [0.25, 0.3) is 5.69 Å². The molecule has 1 aromatic carbocycles. The molecule has 2 aromatic rings. The number of carboxylic acid groups (broad SMARTS) is 1. The van der Waals surface area contributed by atoms with E-state index in [1.54, 1.807) is 0 Å². The smallest absolute Gasteiger partial charge is 0.416 e. The van der Waals surface area contributed by atoms with Gasteiger partial charge in [-0.2, -0.15) is 31.4 Å². The topological polar surface area (TPSA) is 57.9 Å². The number of carbonyl (C=O) groups excluding carboxylic acids is 1. The van der Waals surface area contributed by atoms with Crippen molar-refractivity contribution in [1.29, 1.82) is 0 Å². The SMILES string of the molecule is Cc1cc(C(=O)[O-])nn1-c1cc(C(F)(F)F)cc(C(F)(F)F)c1. The number of aryl methyl sites for hydroxylation is 1. The second-order valence-corrected chi connectivity index (χ2v) is 4.63. The van der Waals surface area contributed by atoms with Crippen molar-refractivity contribution in [2.24, 2.45) is 0 Å². The molecule has 0 N–H and O–H groups in total. The van der Waals surface area contributed by atoms with Crippen molar-refractivity contribution in [2.75, 3.05) is 0 Å². The van der Waals surface area contributed by atoms with E-state index < -0.39 is 40.8 Å². The van der Waals surface area contributed by atoms with E-state index in [1.165, 1.54) is 6.92 Å². The number of halogens is 6. The molecule has 0 aliphatic carbocycles. The largest absolute Gasteiger partial charge is 0.543 e. The number of aromatic nitrogens is 2. The van der Waals surface area contributed by atoms with Crippen molar-refractivity contribution in [3.8, 4) is 5.69 Å². The van der Waals surface area contributed by atoms with Crippen LogP contribution in [0.4, 0.5) is 26.3 Å². The Morgan fingerprint density at radius 3 is 1.83 bits per heavy atom. The van der Waals surface area contributed by atoms with Gasteiger partial charge in [-0.25, -0.2) is 4.68 Å². The minimum Gasteiger partial charge on any atom is -0.543 e. The van der Waals surface area contributed by atoms with Crippen molar-refractivity contribution in [3.63, 3.8) is 0 Å². The summed E-state index contributed by atoms with van der Waals surface area (Å²) in [5.41, 5.74) is -4.17. The molecule has 0 unspecified atom stereocenters. The lowest BCUT2D eigenvalue weighted by molar-refractivity contribution is -0.255. The minimum absolute atomic E-state index is 0.0258. The van der Waals surface area contributed by atoms with Crippen LogP contribution in [0.5, 0.6) is 0 Å². The molecule has 4 nitrogen and oxygen atoms in total. The van der Waals surface area contributed by atoms with E-state index in [4.69, 9.17) is 0 Å². The van der Waals surface area contributed by atoms with Gasteiger partial charge >= 0.3 is 12.4 Å². The Balaban J connectivity index is 2.69. The van der Waals surface area contributed by atoms with Crippen LogP contribution in [0.15, 0.2) is 24.3 Å². The maximum atomic E-state index is 12.8. The first-order valence-corrected chi connectivity index (χ1v) is 5.97. The van der Waals surface area contributed by atoms with Crippen molar-refractivity contribution in [3.05, 3.63) is 46.8 Å². The second kappa shape index (κ2) is 5.28. The van der Waals surface area contributed by atoms with Gasteiger partial charge in [-0.3, -0.25) is 0 Å².